The summed E-state index contributed by atoms with van der Waals surface area (Å²) in [4.78, 5) is 4.22. The minimum Gasteiger partial charge on any atom is -0.373 e. The van der Waals surface area contributed by atoms with Crippen LogP contribution >= 0.6 is 11.6 Å². The molecule has 4 heteroatoms. The highest BCUT2D eigenvalue weighted by molar-refractivity contribution is 6.29. The van der Waals surface area contributed by atoms with Crippen LogP contribution in [0, 0.1) is 0 Å². The average molecular weight is 225 g/mol. The van der Waals surface area contributed by atoms with Gasteiger partial charge in [-0.1, -0.05) is 17.7 Å². The number of anilines is 1. The van der Waals surface area contributed by atoms with Gasteiger partial charge in [-0.2, -0.15) is 0 Å². The average Bonchev–Trinajstić information content (AvgIpc) is 2.79. The van der Waals surface area contributed by atoms with Gasteiger partial charge >= 0.3 is 0 Å². The zero-order valence-electron chi connectivity index (χ0n) is 8.32. The fourth-order valence-electron chi connectivity index (χ4n) is 2.47. The molecule has 0 aromatic carbocycles. The molecule has 3 nitrogen and oxygen atoms in total. The van der Waals surface area contributed by atoms with E-state index in [1.165, 1.54) is 12.8 Å². The molecule has 80 valence electrons. The molecule has 1 aromatic heterocycles. The van der Waals surface area contributed by atoms with Gasteiger partial charge in [0.25, 0.3) is 0 Å². The minimum atomic E-state index is 0.371. The lowest BCUT2D eigenvalue weighted by atomic mass is 9.95. The number of nitrogens with zero attached hydrogens (tertiary/aromatic N) is 1. The van der Waals surface area contributed by atoms with Crippen LogP contribution < -0.4 is 5.32 Å². The first-order valence-electron chi connectivity index (χ1n) is 5.36. The number of aromatic nitrogens is 1. The number of pyridine rings is 1. The quantitative estimate of drug-likeness (QED) is 0.784. The molecular weight excluding hydrogens is 212 g/mol. The maximum Gasteiger partial charge on any atom is 0.131 e. The first-order valence-corrected chi connectivity index (χ1v) is 5.73. The summed E-state index contributed by atoms with van der Waals surface area (Å²) in [5.41, 5.74) is 0. The summed E-state index contributed by atoms with van der Waals surface area (Å²) in [6.45, 7) is 0. The monoisotopic (exact) mass is 224 g/mol. The number of fused-ring (bicyclic) bond motifs is 2. The molecule has 3 atom stereocenters. The van der Waals surface area contributed by atoms with Crippen LogP contribution in [0.4, 0.5) is 5.82 Å². The van der Waals surface area contributed by atoms with E-state index in [9.17, 15) is 0 Å². The van der Waals surface area contributed by atoms with Crippen LogP contribution in [0.3, 0.4) is 0 Å². The van der Waals surface area contributed by atoms with Crippen LogP contribution in [-0.2, 0) is 4.74 Å². The van der Waals surface area contributed by atoms with Gasteiger partial charge in [-0.3, -0.25) is 0 Å². The second kappa shape index (κ2) is 3.65. The van der Waals surface area contributed by atoms with Crippen LogP contribution in [-0.4, -0.2) is 23.2 Å². The number of ether oxygens (including phenoxy) is 1. The van der Waals surface area contributed by atoms with Gasteiger partial charge in [0.2, 0.25) is 0 Å². The van der Waals surface area contributed by atoms with Crippen LogP contribution in [0.25, 0.3) is 0 Å². The zero-order valence-corrected chi connectivity index (χ0v) is 9.07. The highest BCUT2D eigenvalue weighted by Crippen LogP contribution is 2.35. The molecule has 0 aliphatic carbocycles. The molecule has 1 N–H and O–H groups in total. The van der Waals surface area contributed by atoms with Crippen LogP contribution in [0.15, 0.2) is 18.2 Å². The summed E-state index contributed by atoms with van der Waals surface area (Å²) >= 11 is 5.83. The van der Waals surface area contributed by atoms with E-state index < -0.39 is 0 Å². The van der Waals surface area contributed by atoms with Crippen molar-refractivity contribution in [2.75, 3.05) is 5.32 Å². The Morgan fingerprint density at radius 1 is 1.40 bits per heavy atom. The molecule has 0 amide bonds. The lowest BCUT2D eigenvalue weighted by molar-refractivity contribution is 0.102. The molecule has 0 saturated carbocycles. The van der Waals surface area contributed by atoms with E-state index in [0.717, 1.165) is 12.2 Å². The van der Waals surface area contributed by atoms with Crippen molar-refractivity contribution in [1.82, 2.24) is 4.98 Å². The maximum atomic E-state index is 5.83. The molecule has 3 unspecified atom stereocenters. The molecular formula is C11H13ClN2O. The first kappa shape index (κ1) is 9.43. The van der Waals surface area contributed by atoms with Gasteiger partial charge < -0.3 is 10.1 Å². The number of hydrogen-bond donors (Lipinski definition) is 1. The second-order valence-corrected chi connectivity index (χ2v) is 4.59. The van der Waals surface area contributed by atoms with Gasteiger partial charge in [-0.15, -0.1) is 0 Å². The van der Waals surface area contributed by atoms with E-state index in [0.29, 0.717) is 23.4 Å². The fourth-order valence-corrected chi connectivity index (χ4v) is 2.63. The van der Waals surface area contributed by atoms with E-state index >= 15 is 0 Å². The molecule has 2 saturated heterocycles. The molecule has 3 heterocycles. The molecule has 2 bridgehead atoms. The first-order chi connectivity index (χ1) is 7.31. The Labute approximate surface area is 93.8 Å². The van der Waals surface area contributed by atoms with Gasteiger partial charge in [0.15, 0.2) is 0 Å². The minimum absolute atomic E-state index is 0.371. The zero-order chi connectivity index (χ0) is 10.3. The van der Waals surface area contributed by atoms with Gasteiger partial charge in [0, 0.05) is 0 Å². The normalized spacial score (nSPS) is 33.3. The van der Waals surface area contributed by atoms with E-state index in [2.05, 4.69) is 10.3 Å². The number of halogens is 1. The van der Waals surface area contributed by atoms with E-state index in [4.69, 9.17) is 16.3 Å². The topological polar surface area (TPSA) is 34.1 Å². The molecule has 15 heavy (non-hydrogen) atoms. The summed E-state index contributed by atoms with van der Waals surface area (Å²) < 4.78 is 5.76. The van der Waals surface area contributed by atoms with Crippen molar-refractivity contribution in [2.45, 2.75) is 37.5 Å². The molecule has 0 spiro atoms. The Kier molecular flexibility index (Phi) is 2.29. The lowest BCUT2D eigenvalue weighted by Gasteiger charge is -2.20. The van der Waals surface area contributed by atoms with E-state index in [1.807, 2.05) is 12.1 Å². The third-order valence-electron chi connectivity index (χ3n) is 3.15. The summed E-state index contributed by atoms with van der Waals surface area (Å²) in [5.74, 6) is 0.851. The predicted molar refractivity (Wildman–Crippen MR) is 59.2 cm³/mol. The van der Waals surface area contributed by atoms with E-state index in [1.54, 1.807) is 6.07 Å². The third kappa shape index (κ3) is 1.82. The lowest BCUT2D eigenvalue weighted by Crippen LogP contribution is -2.30. The standard InChI is InChI=1S/C11H13ClN2O/c12-10-2-1-3-11(14-10)13-8-6-7-4-5-9(8)15-7/h1-3,7-9H,4-6H2,(H,13,14). The number of rotatable bonds is 2. The van der Waals surface area contributed by atoms with Gasteiger partial charge in [-0.25, -0.2) is 4.98 Å². The van der Waals surface area contributed by atoms with Gasteiger partial charge in [0.05, 0.1) is 18.2 Å². The fraction of sp³-hybridized carbons (Fsp3) is 0.545. The SMILES string of the molecule is Clc1cccc(NC2CC3CCC2O3)n1. The van der Waals surface area contributed by atoms with Crippen molar-refractivity contribution in [3.63, 3.8) is 0 Å². The number of hydrogen-bond acceptors (Lipinski definition) is 3. The molecule has 2 aliphatic heterocycles. The van der Waals surface area contributed by atoms with Crippen molar-refractivity contribution >= 4 is 17.4 Å². The van der Waals surface area contributed by atoms with E-state index in [-0.39, 0.29) is 0 Å². The summed E-state index contributed by atoms with van der Waals surface area (Å²) in [6, 6.07) is 6.04. The molecule has 0 radical (unpaired) electrons. The highest BCUT2D eigenvalue weighted by atomic mass is 35.5. The van der Waals surface area contributed by atoms with Gasteiger partial charge in [0.1, 0.15) is 11.0 Å². The predicted octanol–water partition coefficient (Wildman–Crippen LogP) is 2.47. The molecule has 2 aliphatic rings. The summed E-state index contributed by atoms with van der Waals surface area (Å²) in [5, 5.41) is 3.92. The Balaban J connectivity index is 1.71. The van der Waals surface area contributed by atoms with Crippen LogP contribution in [0.5, 0.6) is 0 Å². The molecule has 3 rings (SSSR count). The highest BCUT2D eigenvalue weighted by Gasteiger charge is 2.40. The Bertz CT molecular complexity index is 371. The van der Waals surface area contributed by atoms with Crippen molar-refractivity contribution in [2.24, 2.45) is 0 Å². The largest absolute Gasteiger partial charge is 0.373 e. The smallest absolute Gasteiger partial charge is 0.131 e. The van der Waals surface area contributed by atoms with Crippen molar-refractivity contribution in [1.29, 1.82) is 0 Å². The van der Waals surface area contributed by atoms with Crippen molar-refractivity contribution in [3.8, 4) is 0 Å². The Morgan fingerprint density at radius 3 is 3.00 bits per heavy atom. The Hall–Kier alpha value is -0.800. The van der Waals surface area contributed by atoms with Crippen molar-refractivity contribution in [3.05, 3.63) is 23.4 Å². The van der Waals surface area contributed by atoms with Crippen LogP contribution in [0.1, 0.15) is 19.3 Å². The maximum absolute atomic E-state index is 5.83. The second-order valence-electron chi connectivity index (χ2n) is 4.21. The summed E-state index contributed by atoms with van der Waals surface area (Å²) in [6.07, 6.45) is 4.32. The Morgan fingerprint density at radius 2 is 2.33 bits per heavy atom. The van der Waals surface area contributed by atoms with Crippen LogP contribution in [0.2, 0.25) is 5.15 Å². The van der Waals surface area contributed by atoms with Gasteiger partial charge in [-0.05, 0) is 31.4 Å². The molecule has 2 fully saturated rings. The molecule has 1 aromatic rings. The van der Waals surface area contributed by atoms with Crippen molar-refractivity contribution < 1.29 is 4.74 Å². The third-order valence-corrected chi connectivity index (χ3v) is 3.36. The summed E-state index contributed by atoms with van der Waals surface area (Å²) in [7, 11) is 0. The number of nitrogens with one attached hydrogen (secondary N) is 1.